The van der Waals surface area contributed by atoms with Gasteiger partial charge in [-0.3, -0.25) is 14.9 Å². The number of hydrogen-bond donors (Lipinski definition) is 5. The molecule has 0 aromatic heterocycles. The summed E-state index contributed by atoms with van der Waals surface area (Å²) < 4.78 is 21.4. The van der Waals surface area contributed by atoms with Gasteiger partial charge in [-0.25, -0.2) is 13.6 Å². The van der Waals surface area contributed by atoms with E-state index in [-0.39, 0.29) is 10.6 Å². The molecule has 0 unspecified atom stereocenters. The highest BCUT2D eigenvalue weighted by molar-refractivity contribution is 7.89. The number of halogens is 2. The van der Waals surface area contributed by atoms with Crippen molar-refractivity contribution >= 4 is 50.5 Å². The zero-order chi connectivity index (χ0) is 23.8. The van der Waals surface area contributed by atoms with E-state index in [1.807, 2.05) is 0 Å². The molecule has 14 heteroatoms. The van der Waals surface area contributed by atoms with Crippen LogP contribution >= 0.6 is 23.2 Å². The van der Waals surface area contributed by atoms with Crippen LogP contribution in [0.4, 0.5) is 11.4 Å². The Morgan fingerprint density at radius 2 is 1.65 bits per heavy atom. The Labute approximate surface area is 187 Å². The molecule has 0 heterocycles. The van der Waals surface area contributed by atoms with Crippen molar-refractivity contribution in [2.45, 2.75) is 21.9 Å². The number of nitro groups is 1. The molecule has 0 spiro atoms. The monoisotopic (exact) mass is 494 g/mol. The van der Waals surface area contributed by atoms with Crippen LogP contribution in [0.5, 0.6) is 0 Å². The fourth-order valence-electron chi connectivity index (χ4n) is 2.15. The first-order valence-electron chi connectivity index (χ1n) is 8.37. The summed E-state index contributed by atoms with van der Waals surface area (Å²) in [6.45, 7) is -0.551. The van der Waals surface area contributed by atoms with Crippen LogP contribution in [-0.2, 0) is 14.8 Å². The van der Waals surface area contributed by atoms with E-state index in [1.54, 1.807) is 0 Å². The number of amides is 1. The van der Waals surface area contributed by atoms with Gasteiger partial charge in [-0.1, -0.05) is 23.2 Å². The number of carbonyl (C=O) groups excluding carboxylic acids is 1. The number of nitrogens with two attached hydrogens (primary N) is 2. The molecule has 0 fully saturated rings. The lowest BCUT2D eigenvalue weighted by Crippen LogP contribution is -2.44. The minimum atomic E-state index is -3.58. The lowest BCUT2D eigenvalue weighted by atomic mass is 10.0. The molecule has 0 aliphatic carbocycles. The number of nitrogens with one attached hydrogen (secondary N) is 1. The number of benzene rings is 2. The number of carbonyl (C=O) groups is 1. The second-order valence-electron chi connectivity index (χ2n) is 6.01. The molecule has 0 aliphatic heterocycles. The molecule has 1 amide bonds. The molecule has 0 aliphatic rings. The van der Waals surface area contributed by atoms with Gasteiger partial charge in [0.05, 0.1) is 22.5 Å². The third-order valence-corrected chi connectivity index (χ3v) is 5.08. The molecule has 2 atom stereocenters. The van der Waals surface area contributed by atoms with Gasteiger partial charge in [-0.2, -0.15) is 0 Å². The Balaban J connectivity index is 0.000000367. The Kier molecular flexibility index (Phi) is 10.1. The Hall–Kier alpha value is -2.48. The normalized spacial score (nSPS) is 13.0. The molecule has 0 saturated carbocycles. The van der Waals surface area contributed by atoms with Crippen LogP contribution in [0.1, 0.15) is 11.7 Å². The number of nitro benzene ring substituents is 1. The van der Waals surface area contributed by atoms with Gasteiger partial charge in [0.25, 0.3) is 11.6 Å². The molecule has 7 N–H and O–H groups in total. The number of sulfonamides is 1. The first-order valence-corrected chi connectivity index (χ1v) is 10.8. The Morgan fingerprint density at radius 3 is 2.03 bits per heavy atom. The average Bonchev–Trinajstić information content (AvgIpc) is 2.71. The summed E-state index contributed by atoms with van der Waals surface area (Å²) in [5.74, 6) is -0.756. The van der Waals surface area contributed by atoms with Crippen molar-refractivity contribution in [2.75, 3.05) is 12.3 Å². The maximum Gasteiger partial charge on any atom is 0.269 e. The van der Waals surface area contributed by atoms with E-state index in [1.165, 1.54) is 48.5 Å². The van der Waals surface area contributed by atoms with Crippen LogP contribution in [-0.4, -0.2) is 46.9 Å². The zero-order valence-corrected chi connectivity index (χ0v) is 18.1. The van der Waals surface area contributed by atoms with Crippen molar-refractivity contribution in [3.63, 3.8) is 0 Å². The Bertz CT molecular complexity index is 987. The molecule has 11 nitrogen and oxygen atoms in total. The average molecular weight is 495 g/mol. The molecule has 2 aromatic rings. The van der Waals surface area contributed by atoms with Gasteiger partial charge in [0.1, 0.15) is 6.10 Å². The van der Waals surface area contributed by atoms with Crippen LogP contribution in [0, 0.1) is 10.1 Å². The second kappa shape index (κ2) is 11.8. The number of nitrogen functional groups attached to an aromatic ring is 1. The lowest BCUT2D eigenvalue weighted by molar-refractivity contribution is -0.384. The maximum atomic E-state index is 11.3. The molecule has 2 aromatic carbocycles. The summed E-state index contributed by atoms with van der Waals surface area (Å²) >= 11 is 10.7. The summed E-state index contributed by atoms with van der Waals surface area (Å²) in [4.78, 5) is 20.0. The number of aliphatic hydroxyl groups excluding tert-OH is 2. The quantitative estimate of drug-likeness (QED) is 0.161. The van der Waals surface area contributed by atoms with Crippen molar-refractivity contribution in [2.24, 2.45) is 5.14 Å². The Morgan fingerprint density at radius 1 is 1.13 bits per heavy atom. The number of aliphatic hydroxyl groups is 2. The first-order chi connectivity index (χ1) is 14.4. The van der Waals surface area contributed by atoms with Gasteiger partial charge in [0, 0.05) is 17.8 Å². The lowest BCUT2D eigenvalue weighted by Gasteiger charge is -2.22. The fraction of sp³-hybridized carbons (Fsp3) is 0.235. The van der Waals surface area contributed by atoms with E-state index in [4.69, 9.17) is 39.2 Å². The zero-order valence-electron chi connectivity index (χ0n) is 15.8. The molecular formula is C17H20Cl2N4O7S. The summed E-state index contributed by atoms with van der Waals surface area (Å²) in [5.41, 5.74) is 6.02. The number of rotatable bonds is 7. The number of anilines is 1. The van der Waals surface area contributed by atoms with Crippen molar-refractivity contribution < 1.29 is 28.3 Å². The van der Waals surface area contributed by atoms with Crippen LogP contribution in [0.15, 0.2) is 53.4 Å². The van der Waals surface area contributed by atoms with E-state index >= 15 is 0 Å². The van der Waals surface area contributed by atoms with Crippen LogP contribution in [0.2, 0.25) is 0 Å². The highest BCUT2D eigenvalue weighted by Crippen LogP contribution is 2.20. The largest absolute Gasteiger partial charge is 0.399 e. The molecule has 2 rings (SSSR count). The highest BCUT2D eigenvalue weighted by atomic mass is 35.5. The summed E-state index contributed by atoms with van der Waals surface area (Å²) in [6, 6.07) is 9.76. The van der Waals surface area contributed by atoms with Crippen molar-refractivity contribution in [1.82, 2.24) is 5.32 Å². The smallest absolute Gasteiger partial charge is 0.269 e. The molecular weight excluding hydrogens is 475 g/mol. The number of non-ortho nitro benzene ring substituents is 1. The molecule has 0 saturated heterocycles. The number of alkyl halides is 2. The van der Waals surface area contributed by atoms with Crippen LogP contribution in [0.25, 0.3) is 0 Å². The van der Waals surface area contributed by atoms with Gasteiger partial charge >= 0.3 is 0 Å². The summed E-state index contributed by atoms with van der Waals surface area (Å²) in [7, 11) is -3.58. The number of hydrogen-bond acceptors (Lipinski definition) is 8. The fourth-order valence-corrected chi connectivity index (χ4v) is 2.79. The topological polar surface area (TPSA) is 199 Å². The van der Waals surface area contributed by atoms with E-state index in [9.17, 15) is 28.4 Å². The SMILES string of the molecule is Nc1ccc(S(N)(=O)=O)cc1.O=C(N[C@H](CO)[C@H](O)c1ccc([N+](=O)[O-])cc1)C(Cl)Cl. The standard InChI is InChI=1S/C11H12Cl2N2O5.C6H8N2O2S/c12-10(13)11(18)14-8(5-16)9(17)6-1-3-7(4-2-6)15(19)20;7-5-1-3-6(4-2-5)11(8,9)10/h1-4,8-10,16-17H,5H2,(H,14,18);1-4H,7H2,(H2,8,9,10)/t8-,9-;/m1./s1. The van der Waals surface area contributed by atoms with Crippen molar-refractivity contribution in [1.29, 1.82) is 0 Å². The van der Waals surface area contributed by atoms with E-state index in [0.717, 1.165) is 0 Å². The maximum absolute atomic E-state index is 11.3. The van der Waals surface area contributed by atoms with E-state index in [0.29, 0.717) is 11.3 Å². The first kappa shape index (κ1) is 26.6. The van der Waals surface area contributed by atoms with Crippen LogP contribution < -0.4 is 16.2 Å². The minimum absolute atomic E-state index is 0.0756. The van der Waals surface area contributed by atoms with Gasteiger partial charge in [-0.15, -0.1) is 0 Å². The summed E-state index contributed by atoms with van der Waals surface area (Å²) in [5, 5.41) is 36.8. The summed E-state index contributed by atoms with van der Waals surface area (Å²) in [6.07, 6.45) is -1.25. The highest BCUT2D eigenvalue weighted by Gasteiger charge is 2.24. The molecule has 0 bridgehead atoms. The van der Waals surface area contributed by atoms with Gasteiger partial charge < -0.3 is 21.3 Å². The van der Waals surface area contributed by atoms with Gasteiger partial charge in [-0.05, 0) is 42.0 Å². The second-order valence-corrected chi connectivity index (χ2v) is 8.66. The minimum Gasteiger partial charge on any atom is -0.399 e. The van der Waals surface area contributed by atoms with Gasteiger partial charge in [0.2, 0.25) is 10.0 Å². The van der Waals surface area contributed by atoms with E-state index < -0.39 is 44.4 Å². The van der Waals surface area contributed by atoms with E-state index in [2.05, 4.69) is 5.32 Å². The predicted octanol–water partition coefficient (Wildman–Crippen LogP) is 0.825. The third-order valence-electron chi connectivity index (χ3n) is 3.76. The van der Waals surface area contributed by atoms with Crippen LogP contribution in [0.3, 0.4) is 0 Å². The van der Waals surface area contributed by atoms with Gasteiger partial charge in [0.15, 0.2) is 4.84 Å². The third kappa shape index (κ3) is 8.65. The predicted molar refractivity (Wildman–Crippen MR) is 115 cm³/mol. The molecule has 31 heavy (non-hydrogen) atoms. The van der Waals surface area contributed by atoms with Crippen molar-refractivity contribution in [3.05, 3.63) is 64.2 Å². The van der Waals surface area contributed by atoms with Crippen molar-refractivity contribution in [3.8, 4) is 0 Å². The number of nitrogens with zero attached hydrogens (tertiary/aromatic N) is 1. The number of primary sulfonamides is 1. The molecule has 170 valence electrons. The molecule has 0 radical (unpaired) electrons.